The molecule has 0 amide bonds. The third-order valence-corrected chi connectivity index (χ3v) is 6.01. The maximum absolute atomic E-state index is 12.2. The van der Waals surface area contributed by atoms with Crippen LogP contribution in [0.2, 0.25) is 0 Å². The number of nitrogens with two attached hydrogens (primary N) is 1. The molecule has 0 unspecified atom stereocenters. The van der Waals surface area contributed by atoms with Gasteiger partial charge in [-0.2, -0.15) is 0 Å². The molecule has 0 saturated carbocycles. The SMILES string of the molecule is COC(=O)c1sc(N)c(C(=O)OC)c1CSc1nncn1-c1ccccc1OC. The molecule has 152 valence electrons. The second-order valence-corrected chi connectivity index (χ2v) is 7.57. The number of nitrogens with zero attached hydrogens (tertiary/aromatic N) is 3. The number of esters is 2. The van der Waals surface area contributed by atoms with Crippen LogP contribution in [-0.4, -0.2) is 48.0 Å². The Bertz CT molecular complexity index is 1050. The van der Waals surface area contributed by atoms with E-state index in [4.69, 9.17) is 19.9 Å². The lowest BCUT2D eigenvalue weighted by Gasteiger charge is -2.11. The number of ether oxygens (including phenoxy) is 3. The highest BCUT2D eigenvalue weighted by Crippen LogP contribution is 2.37. The average Bonchev–Trinajstić information content (AvgIpc) is 3.34. The molecule has 0 aliphatic heterocycles. The first-order valence-electron chi connectivity index (χ1n) is 8.25. The zero-order valence-electron chi connectivity index (χ0n) is 15.9. The van der Waals surface area contributed by atoms with Crippen molar-refractivity contribution in [3.05, 3.63) is 46.6 Å². The van der Waals surface area contributed by atoms with E-state index < -0.39 is 11.9 Å². The van der Waals surface area contributed by atoms with Gasteiger partial charge in [-0.3, -0.25) is 4.57 Å². The Morgan fingerprint density at radius 1 is 1.17 bits per heavy atom. The summed E-state index contributed by atoms with van der Waals surface area (Å²) in [5.74, 6) is -0.301. The number of rotatable bonds is 7. The van der Waals surface area contributed by atoms with Crippen LogP contribution in [0.5, 0.6) is 5.75 Å². The molecule has 2 N–H and O–H groups in total. The number of carbonyl (C=O) groups excluding carboxylic acids is 2. The molecule has 0 fully saturated rings. The largest absolute Gasteiger partial charge is 0.495 e. The monoisotopic (exact) mass is 434 g/mol. The zero-order valence-corrected chi connectivity index (χ0v) is 17.5. The maximum Gasteiger partial charge on any atom is 0.348 e. The smallest absolute Gasteiger partial charge is 0.348 e. The van der Waals surface area contributed by atoms with E-state index in [9.17, 15) is 9.59 Å². The molecule has 2 aromatic heterocycles. The Labute approximate surface area is 174 Å². The minimum Gasteiger partial charge on any atom is -0.495 e. The first-order chi connectivity index (χ1) is 14.0. The van der Waals surface area contributed by atoms with Gasteiger partial charge < -0.3 is 19.9 Å². The molecule has 0 bridgehead atoms. The summed E-state index contributed by atoms with van der Waals surface area (Å²) < 4.78 is 16.8. The number of hydrogen-bond donors (Lipinski definition) is 1. The first kappa shape index (κ1) is 20.7. The van der Waals surface area contributed by atoms with Crippen LogP contribution in [0.15, 0.2) is 35.7 Å². The summed E-state index contributed by atoms with van der Waals surface area (Å²) in [5.41, 5.74) is 7.32. The van der Waals surface area contributed by atoms with Gasteiger partial charge in [0, 0.05) is 11.3 Å². The molecule has 0 aliphatic rings. The van der Waals surface area contributed by atoms with E-state index in [1.54, 1.807) is 18.0 Å². The van der Waals surface area contributed by atoms with E-state index in [1.165, 1.54) is 26.0 Å². The molecule has 0 aliphatic carbocycles. The van der Waals surface area contributed by atoms with Gasteiger partial charge in [-0.05, 0) is 12.1 Å². The summed E-state index contributed by atoms with van der Waals surface area (Å²) in [6.45, 7) is 0. The van der Waals surface area contributed by atoms with Crippen molar-refractivity contribution >= 4 is 40.0 Å². The Hall–Kier alpha value is -3.05. The van der Waals surface area contributed by atoms with Crippen molar-refractivity contribution in [3.63, 3.8) is 0 Å². The summed E-state index contributed by atoms with van der Waals surface area (Å²) in [4.78, 5) is 24.6. The first-order valence-corrected chi connectivity index (χ1v) is 10.1. The highest BCUT2D eigenvalue weighted by Gasteiger charge is 2.27. The predicted molar refractivity (Wildman–Crippen MR) is 109 cm³/mol. The van der Waals surface area contributed by atoms with Crippen molar-refractivity contribution in [1.82, 2.24) is 14.8 Å². The fourth-order valence-electron chi connectivity index (χ4n) is 2.66. The quantitative estimate of drug-likeness (QED) is 0.442. The van der Waals surface area contributed by atoms with E-state index in [0.717, 1.165) is 17.0 Å². The van der Waals surface area contributed by atoms with Crippen LogP contribution in [0.4, 0.5) is 5.00 Å². The fraction of sp³-hybridized carbons (Fsp3) is 0.222. The minimum atomic E-state index is -0.615. The molecular weight excluding hydrogens is 416 g/mol. The van der Waals surface area contributed by atoms with Crippen molar-refractivity contribution < 1.29 is 23.8 Å². The number of thioether (sulfide) groups is 1. The minimum absolute atomic E-state index is 0.161. The molecule has 2 heterocycles. The van der Waals surface area contributed by atoms with Gasteiger partial charge in [0.1, 0.15) is 22.0 Å². The fourth-order valence-corrected chi connectivity index (χ4v) is 4.70. The van der Waals surface area contributed by atoms with Crippen molar-refractivity contribution in [2.45, 2.75) is 10.9 Å². The number of aromatic nitrogens is 3. The van der Waals surface area contributed by atoms with Crippen LogP contribution in [0, 0.1) is 0 Å². The van der Waals surface area contributed by atoms with Gasteiger partial charge >= 0.3 is 11.9 Å². The van der Waals surface area contributed by atoms with Crippen LogP contribution in [0.3, 0.4) is 0 Å². The summed E-state index contributed by atoms with van der Waals surface area (Å²) in [6, 6.07) is 7.43. The highest BCUT2D eigenvalue weighted by atomic mass is 32.2. The van der Waals surface area contributed by atoms with Gasteiger partial charge in [0.05, 0.1) is 32.6 Å². The normalized spacial score (nSPS) is 10.6. The molecule has 0 atom stereocenters. The van der Waals surface area contributed by atoms with Crippen molar-refractivity contribution in [3.8, 4) is 11.4 Å². The van der Waals surface area contributed by atoms with Crippen LogP contribution in [0.25, 0.3) is 5.69 Å². The molecular formula is C18H18N4O5S2. The molecule has 11 heteroatoms. The van der Waals surface area contributed by atoms with Gasteiger partial charge in [-0.1, -0.05) is 23.9 Å². The number of methoxy groups -OCH3 is 3. The molecule has 3 rings (SSSR count). The van der Waals surface area contributed by atoms with Crippen molar-refractivity contribution in [1.29, 1.82) is 0 Å². The molecule has 3 aromatic rings. The molecule has 1 aromatic carbocycles. The summed E-state index contributed by atoms with van der Waals surface area (Å²) in [6.07, 6.45) is 1.56. The molecule has 0 saturated heterocycles. The Morgan fingerprint density at radius 3 is 2.59 bits per heavy atom. The highest BCUT2D eigenvalue weighted by molar-refractivity contribution is 7.98. The molecule has 0 spiro atoms. The standard InChI is InChI=1S/C18H18N4O5S2/c1-25-12-7-5-4-6-11(12)22-9-20-21-18(22)28-8-10-13(16(23)26-2)15(19)29-14(10)17(24)27-3/h4-7,9H,8,19H2,1-3H3. The third-order valence-electron chi connectivity index (χ3n) is 4.00. The topological polar surface area (TPSA) is 119 Å². The number of hydrogen-bond acceptors (Lipinski definition) is 10. The summed E-state index contributed by atoms with van der Waals surface area (Å²) >= 11 is 2.28. The summed E-state index contributed by atoms with van der Waals surface area (Å²) in [5, 5.41) is 8.85. The van der Waals surface area contributed by atoms with Gasteiger partial charge in [-0.15, -0.1) is 21.5 Å². The van der Waals surface area contributed by atoms with E-state index in [2.05, 4.69) is 10.2 Å². The van der Waals surface area contributed by atoms with Gasteiger partial charge in [0.2, 0.25) is 0 Å². The number of para-hydroxylation sites is 2. The lowest BCUT2D eigenvalue weighted by Crippen LogP contribution is -2.09. The maximum atomic E-state index is 12.2. The summed E-state index contributed by atoms with van der Waals surface area (Å²) in [7, 11) is 4.10. The van der Waals surface area contributed by atoms with E-state index >= 15 is 0 Å². The third kappa shape index (κ3) is 4.05. The predicted octanol–water partition coefficient (Wildman–Crippen LogP) is 2.79. The molecule has 0 radical (unpaired) electrons. The van der Waals surface area contributed by atoms with Crippen LogP contribution >= 0.6 is 23.1 Å². The lowest BCUT2D eigenvalue weighted by atomic mass is 10.1. The van der Waals surface area contributed by atoms with Gasteiger partial charge in [0.15, 0.2) is 5.16 Å². The van der Waals surface area contributed by atoms with E-state index in [-0.39, 0.29) is 21.2 Å². The van der Waals surface area contributed by atoms with Crippen LogP contribution < -0.4 is 10.5 Å². The second kappa shape index (κ2) is 8.97. The number of benzene rings is 1. The molecule has 9 nitrogen and oxygen atoms in total. The van der Waals surface area contributed by atoms with Crippen LogP contribution in [0.1, 0.15) is 25.6 Å². The van der Waals surface area contributed by atoms with E-state index in [0.29, 0.717) is 16.5 Å². The molecule has 29 heavy (non-hydrogen) atoms. The average molecular weight is 434 g/mol. The Kier molecular flexibility index (Phi) is 6.39. The Balaban J connectivity index is 1.96. The number of carbonyl (C=O) groups is 2. The van der Waals surface area contributed by atoms with Gasteiger partial charge in [-0.25, -0.2) is 9.59 Å². The zero-order chi connectivity index (χ0) is 21.0. The number of thiophene rings is 1. The lowest BCUT2D eigenvalue weighted by molar-refractivity contribution is 0.0601. The van der Waals surface area contributed by atoms with E-state index in [1.807, 2.05) is 24.3 Å². The van der Waals surface area contributed by atoms with Crippen molar-refractivity contribution in [2.75, 3.05) is 27.1 Å². The number of anilines is 1. The second-order valence-electron chi connectivity index (χ2n) is 5.58. The van der Waals surface area contributed by atoms with Crippen LogP contribution in [-0.2, 0) is 15.2 Å². The Morgan fingerprint density at radius 2 is 1.90 bits per heavy atom. The number of nitrogen functional groups attached to an aromatic ring is 1. The van der Waals surface area contributed by atoms with Gasteiger partial charge in [0.25, 0.3) is 0 Å². The van der Waals surface area contributed by atoms with Crippen molar-refractivity contribution in [2.24, 2.45) is 0 Å².